The summed E-state index contributed by atoms with van der Waals surface area (Å²) >= 11 is 3.64. The number of piperidine rings is 1. The molecule has 2 unspecified atom stereocenters. The van der Waals surface area contributed by atoms with Crippen LogP contribution < -0.4 is 5.73 Å². The third-order valence-electron chi connectivity index (χ3n) is 6.31. The van der Waals surface area contributed by atoms with Crippen LogP contribution in [0, 0.1) is 17.3 Å². The SMILES string of the molecule is CN1CCCC(CSc2nc(N)c3c4c(sc3n2)CC(C(C)(C)C)CC4)C1. The quantitative estimate of drug-likeness (QED) is 0.585. The van der Waals surface area contributed by atoms with E-state index in [0.29, 0.717) is 11.2 Å². The highest BCUT2D eigenvalue weighted by molar-refractivity contribution is 7.99. The van der Waals surface area contributed by atoms with Gasteiger partial charge in [-0.25, -0.2) is 9.97 Å². The first-order chi connectivity index (χ1) is 12.8. The van der Waals surface area contributed by atoms with Gasteiger partial charge in [0.25, 0.3) is 0 Å². The van der Waals surface area contributed by atoms with Gasteiger partial charge in [-0.2, -0.15) is 0 Å². The van der Waals surface area contributed by atoms with Gasteiger partial charge in [-0.05, 0) is 68.5 Å². The number of aromatic nitrogens is 2. The van der Waals surface area contributed by atoms with E-state index in [-0.39, 0.29) is 0 Å². The van der Waals surface area contributed by atoms with Crippen molar-refractivity contribution in [2.24, 2.45) is 17.3 Å². The van der Waals surface area contributed by atoms with Gasteiger partial charge in [-0.3, -0.25) is 0 Å². The van der Waals surface area contributed by atoms with E-state index in [1.54, 1.807) is 11.8 Å². The number of hydrogen-bond donors (Lipinski definition) is 1. The Balaban J connectivity index is 1.54. The average molecular weight is 405 g/mol. The zero-order chi connectivity index (χ0) is 19.2. The Morgan fingerprint density at radius 1 is 1.26 bits per heavy atom. The molecule has 1 fully saturated rings. The van der Waals surface area contributed by atoms with Crippen LogP contribution in [-0.4, -0.2) is 40.8 Å². The number of hydrogen-bond acceptors (Lipinski definition) is 6. The predicted molar refractivity (Wildman–Crippen MR) is 118 cm³/mol. The number of aryl methyl sites for hydroxylation is 1. The molecule has 2 atom stereocenters. The molecule has 4 nitrogen and oxygen atoms in total. The first-order valence-corrected chi connectivity index (χ1v) is 12.0. The number of thioether (sulfide) groups is 1. The van der Waals surface area contributed by atoms with Gasteiger partial charge in [0, 0.05) is 17.2 Å². The average Bonchev–Trinajstić information content (AvgIpc) is 2.97. The second-order valence-electron chi connectivity index (χ2n) is 9.46. The molecule has 2 aromatic rings. The highest BCUT2D eigenvalue weighted by atomic mass is 32.2. The molecule has 2 aliphatic rings. The van der Waals surface area contributed by atoms with Crippen LogP contribution in [0.3, 0.4) is 0 Å². The van der Waals surface area contributed by atoms with Crippen LogP contribution in [0.2, 0.25) is 0 Å². The number of thiophene rings is 1. The molecule has 6 heteroatoms. The molecular formula is C21H32N4S2. The Bertz CT molecular complexity index is 824. The summed E-state index contributed by atoms with van der Waals surface area (Å²) in [6, 6.07) is 0. The molecule has 0 radical (unpaired) electrons. The molecule has 0 bridgehead atoms. The Morgan fingerprint density at radius 3 is 2.81 bits per heavy atom. The van der Waals surface area contributed by atoms with Crippen molar-refractivity contribution in [1.82, 2.24) is 14.9 Å². The third-order valence-corrected chi connectivity index (χ3v) is 8.54. The lowest BCUT2D eigenvalue weighted by Crippen LogP contribution is -2.33. The maximum absolute atomic E-state index is 6.41. The molecule has 0 aromatic carbocycles. The minimum absolute atomic E-state index is 0.360. The summed E-state index contributed by atoms with van der Waals surface area (Å²) < 4.78 is 0. The van der Waals surface area contributed by atoms with E-state index in [9.17, 15) is 0 Å². The van der Waals surface area contributed by atoms with Gasteiger partial charge in [-0.15, -0.1) is 11.3 Å². The fourth-order valence-electron chi connectivity index (χ4n) is 4.59. The van der Waals surface area contributed by atoms with Gasteiger partial charge in [0.2, 0.25) is 0 Å². The topological polar surface area (TPSA) is 55.0 Å². The lowest BCUT2D eigenvalue weighted by Gasteiger charge is -2.33. The molecule has 2 N–H and O–H groups in total. The highest BCUT2D eigenvalue weighted by Gasteiger charge is 2.31. The monoisotopic (exact) mass is 404 g/mol. The molecule has 2 aromatic heterocycles. The fraction of sp³-hybridized carbons (Fsp3) is 0.714. The number of nitrogens with zero attached hydrogens (tertiary/aromatic N) is 3. The van der Waals surface area contributed by atoms with Crippen molar-refractivity contribution < 1.29 is 0 Å². The van der Waals surface area contributed by atoms with Gasteiger partial charge in [-0.1, -0.05) is 32.5 Å². The smallest absolute Gasteiger partial charge is 0.190 e. The van der Waals surface area contributed by atoms with E-state index in [1.165, 1.54) is 42.8 Å². The number of anilines is 1. The van der Waals surface area contributed by atoms with Crippen LogP contribution in [0.15, 0.2) is 5.16 Å². The molecule has 4 rings (SSSR count). The number of likely N-dealkylation sites (tertiary alicyclic amines) is 1. The third kappa shape index (κ3) is 4.13. The Morgan fingerprint density at radius 2 is 2.07 bits per heavy atom. The van der Waals surface area contributed by atoms with E-state index in [0.717, 1.165) is 45.8 Å². The van der Waals surface area contributed by atoms with Gasteiger partial charge < -0.3 is 10.6 Å². The van der Waals surface area contributed by atoms with Crippen LogP contribution in [0.4, 0.5) is 5.82 Å². The normalized spacial score (nSPS) is 24.3. The molecule has 3 heterocycles. The number of fused-ring (bicyclic) bond motifs is 3. The molecule has 1 aliphatic carbocycles. The Hall–Kier alpha value is -0.850. The summed E-state index contributed by atoms with van der Waals surface area (Å²) in [5.74, 6) is 3.25. The summed E-state index contributed by atoms with van der Waals surface area (Å²) in [4.78, 5) is 14.6. The van der Waals surface area contributed by atoms with E-state index in [4.69, 9.17) is 10.7 Å². The maximum atomic E-state index is 6.41. The number of nitrogens with two attached hydrogens (primary N) is 1. The van der Waals surface area contributed by atoms with Crippen LogP contribution >= 0.6 is 23.1 Å². The van der Waals surface area contributed by atoms with Gasteiger partial charge in [0.15, 0.2) is 5.16 Å². The van der Waals surface area contributed by atoms with Crippen molar-refractivity contribution >= 4 is 39.1 Å². The standard InChI is InChI=1S/C21H32N4S2/c1-21(2,3)14-7-8-15-16(10-14)27-19-17(15)18(22)23-20(24-19)26-12-13-6-5-9-25(4)11-13/h13-14H,5-12H2,1-4H3,(H2,22,23,24). The van der Waals surface area contributed by atoms with Crippen LogP contribution in [-0.2, 0) is 12.8 Å². The number of nitrogen functional groups attached to an aromatic ring is 1. The van der Waals surface area contributed by atoms with E-state index in [1.807, 2.05) is 11.3 Å². The predicted octanol–water partition coefficient (Wildman–Crippen LogP) is 4.86. The van der Waals surface area contributed by atoms with Gasteiger partial charge >= 0.3 is 0 Å². The molecule has 148 valence electrons. The van der Waals surface area contributed by atoms with Crippen LogP contribution in [0.5, 0.6) is 0 Å². The molecule has 0 saturated carbocycles. The lowest BCUT2D eigenvalue weighted by molar-refractivity contribution is 0.218. The van der Waals surface area contributed by atoms with Crippen LogP contribution in [0.25, 0.3) is 10.2 Å². The first-order valence-electron chi connectivity index (χ1n) is 10.2. The Kier molecular flexibility index (Phi) is 5.43. The van der Waals surface area contributed by atoms with Crippen molar-refractivity contribution in [2.45, 2.75) is 58.0 Å². The molecular weight excluding hydrogens is 372 g/mol. The van der Waals surface area contributed by atoms with Gasteiger partial charge in [0.05, 0.1) is 5.39 Å². The fourth-order valence-corrected chi connectivity index (χ4v) is 6.93. The second-order valence-corrected chi connectivity index (χ2v) is 11.5. The minimum atomic E-state index is 0.360. The lowest BCUT2D eigenvalue weighted by atomic mass is 9.72. The molecule has 0 amide bonds. The van der Waals surface area contributed by atoms with Crippen LogP contribution in [0.1, 0.15) is 50.5 Å². The Labute approximate surface area is 171 Å². The molecule has 1 saturated heterocycles. The molecule has 0 spiro atoms. The summed E-state index contributed by atoms with van der Waals surface area (Å²) in [6.45, 7) is 9.50. The second kappa shape index (κ2) is 7.53. The summed E-state index contributed by atoms with van der Waals surface area (Å²) in [7, 11) is 2.22. The zero-order valence-electron chi connectivity index (χ0n) is 17.0. The summed E-state index contributed by atoms with van der Waals surface area (Å²) in [6.07, 6.45) is 6.14. The van der Waals surface area contributed by atoms with Crippen molar-refractivity contribution in [3.8, 4) is 0 Å². The first kappa shape index (κ1) is 19.5. The molecule has 27 heavy (non-hydrogen) atoms. The maximum Gasteiger partial charge on any atom is 0.190 e. The van der Waals surface area contributed by atoms with Gasteiger partial charge in [0.1, 0.15) is 10.6 Å². The van der Waals surface area contributed by atoms with Crippen molar-refractivity contribution in [3.63, 3.8) is 0 Å². The molecule has 1 aliphatic heterocycles. The van der Waals surface area contributed by atoms with Crippen molar-refractivity contribution in [3.05, 3.63) is 10.4 Å². The summed E-state index contributed by atoms with van der Waals surface area (Å²) in [5.41, 5.74) is 8.20. The van der Waals surface area contributed by atoms with Crippen molar-refractivity contribution in [1.29, 1.82) is 0 Å². The van der Waals surface area contributed by atoms with E-state index < -0.39 is 0 Å². The zero-order valence-corrected chi connectivity index (χ0v) is 18.7. The van der Waals surface area contributed by atoms with E-state index in [2.05, 4.69) is 37.7 Å². The minimum Gasteiger partial charge on any atom is -0.383 e. The summed E-state index contributed by atoms with van der Waals surface area (Å²) in [5, 5.41) is 2.00. The largest absolute Gasteiger partial charge is 0.383 e. The van der Waals surface area contributed by atoms with Crippen molar-refractivity contribution in [2.75, 3.05) is 31.6 Å². The number of rotatable bonds is 3. The highest BCUT2D eigenvalue weighted by Crippen LogP contribution is 2.44. The van der Waals surface area contributed by atoms with E-state index >= 15 is 0 Å².